The molecule has 0 heterocycles. The highest BCUT2D eigenvalue weighted by molar-refractivity contribution is 4.80. The standard InChI is InChI=1S/C9H21NO/c1-7(2)10-8(6-11)9(3,4)5/h7-8,10-11H,6H2,1-5H3. The van der Waals surface area contributed by atoms with Gasteiger partial charge >= 0.3 is 0 Å². The van der Waals surface area contributed by atoms with Crippen molar-refractivity contribution in [2.45, 2.75) is 46.7 Å². The Balaban J connectivity index is 3.96. The quantitative estimate of drug-likeness (QED) is 0.652. The summed E-state index contributed by atoms with van der Waals surface area (Å²) < 4.78 is 0. The van der Waals surface area contributed by atoms with Crippen molar-refractivity contribution in [3.8, 4) is 0 Å². The SMILES string of the molecule is CC(C)NC(CO)C(C)(C)C. The summed E-state index contributed by atoms with van der Waals surface area (Å²) in [5.41, 5.74) is 0.138. The molecule has 2 N–H and O–H groups in total. The lowest BCUT2D eigenvalue weighted by molar-refractivity contribution is 0.152. The molecule has 0 fully saturated rings. The molecule has 0 amide bonds. The van der Waals surface area contributed by atoms with Gasteiger partial charge in [-0.3, -0.25) is 0 Å². The van der Waals surface area contributed by atoms with E-state index in [-0.39, 0.29) is 18.1 Å². The van der Waals surface area contributed by atoms with Crippen molar-refractivity contribution >= 4 is 0 Å². The first kappa shape index (κ1) is 10.9. The maximum atomic E-state index is 9.05. The molecule has 0 bridgehead atoms. The molecule has 0 aromatic rings. The maximum Gasteiger partial charge on any atom is 0.0589 e. The third kappa shape index (κ3) is 4.38. The van der Waals surface area contributed by atoms with Crippen LogP contribution in [0.1, 0.15) is 34.6 Å². The molecule has 2 nitrogen and oxygen atoms in total. The molecule has 1 unspecified atom stereocenters. The Morgan fingerprint density at radius 2 is 1.73 bits per heavy atom. The van der Waals surface area contributed by atoms with E-state index in [9.17, 15) is 0 Å². The Morgan fingerprint density at radius 1 is 1.27 bits per heavy atom. The topological polar surface area (TPSA) is 32.3 Å². The zero-order valence-electron chi connectivity index (χ0n) is 8.31. The number of aliphatic hydroxyl groups excluding tert-OH is 1. The summed E-state index contributed by atoms with van der Waals surface area (Å²) in [7, 11) is 0. The molecule has 0 aromatic heterocycles. The number of nitrogens with one attached hydrogen (secondary N) is 1. The zero-order valence-corrected chi connectivity index (χ0v) is 8.31. The number of rotatable bonds is 3. The summed E-state index contributed by atoms with van der Waals surface area (Å²) in [6, 6.07) is 0.633. The molecular formula is C9H21NO. The normalized spacial score (nSPS) is 15.5. The fraction of sp³-hybridized carbons (Fsp3) is 1.00. The van der Waals surface area contributed by atoms with Crippen LogP contribution in [-0.4, -0.2) is 23.8 Å². The first-order chi connectivity index (χ1) is 4.88. The minimum atomic E-state index is 0.138. The van der Waals surface area contributed by atoms with Crippen LogP contribution in [0.4, 0.5) is 0 Å². The van der Waals surface area contributed by atoms with Crippen LogP contribution in [0.3, 0.4) is 0 Å². The number of hydrogen-bond donors (Lipinski definition) is 2. The lowest BCUT2D eigenvalue weighted by Crippen LogP contribution is -2.46. The molecule has 2 heteroatoms. The molecule has 0 aliphatic carbocycles. The first-order valence-corrected chi connectivity index (χ1v) is 4.25. The summed E-state index contributed by atoms with van der Waals surface area (Å²) in [4.78, 5) is 0. The highest BCUT2D eigenvalue weighted by atomic mass is 16.3. The van der Waals surface area contributed by atoms with E-state index < -0.39 is 0 Å². The van der Waals surface area contributed by atoms with Crippen molar-refractivity contribution in [1.29, 1.82) is 0 Å². The molecular weight excluding hydrogens is 138 g/mol. The zero-order chi connectivity index (χ0) is 9.07. The van der Waals surface area contributed by atoms with Crippen molar-refractivity contribution in [1.82, 2.24) is 5.32 Å². The van der Waals surface area contributed by atoms with Crippen LogP contribution < -0.4 is 5.32 Å². The van der Waals surface area contributed by atoms with Gasteiger partial charge in [0.1, 0.15) is 0 Å². The Labute approximate surface area is 70.0 Å². The van der Waals surface area contributed by atoms with Crippen LogP contribution >= 0.6 is 0 Å². The van der Waals surface area contributed by atoms with Crippen molar-refractivity contribution in [3.05, 3.63) is 0 Å². The largest absolute Gasteiger partial charge is 0.395 e. The average molecular weight is 159 g/mol. The van der Waals surface area contributed by atoms with Crippen LogP contribution in [-0.2, 0) is 0 Å². The van der Waals surface area contributed by atoms with E-state index in [1.807, 2.05) is 0 Å². The van der Waals surface area contributed by atoms with Gasteiger partial charge in [-0.2, -0.15) is 0 Å². The summed E-state index contributed by atoms with van der Waals surface area (Å²) >= 11 is 0. The lowest BCUT2D eigenvalue weighted by Gasteiger charge is -2.31. The molecule has 0 aliphatic rings. The molecule has 0 rings (SSSR count). The van der Waals surface area contributed by atoms with Gasteiger partial charge in [0.2, 0.25) is 0 Å². The fourth-order valence-corrected chi connectivity index (χ4v) is 0.979. The number of aliphatic hydroxyl groups is 1. The summed E-state index contributed by atoms with van der Waals surface area (Å²) in [6.45, 7) is 10.8. The van der Waals surface area contributed by atoms with Gasteiger partial charge in [-0.05, 0) is 5.41 Å². The van der Waals surface area contributed by atoms with Gasteiger partial charge < -0.3 is 10.4 Å². The second-order valence-corrected chi connectivity index (χ2v) is 4.42. The van der Waals surface area contributed by atoms with Crippen molar-refractivity contribution < 1.29 is 5.11 Å². The summed E-state index contributed by atoms with van der Waals surface area (Å²) in [6.07, 6.45) is 0. The molecule has 1 atom stereocenters. The molecule has 0 aliphatic heterocycles. The first-order valence-electron chi connectivity index (χ1n) is 4.25. The maximum absolute atomic E-state index is 9.05. The smallest absolute Gasteiger partial charge is 0.0589 e. The van der Waals surface area contributed by atoms with Crippen LogP contribution in [0.5, 0.6) is 0 Å². The summed E-state index contributed by atoms with van der Waals surface area (Å²) in [5.74, 6) is 0. The van der Waals surface area contributed by atoms with Crippen molar-refractivity contribution in [2.75, 3.05) is 6.61 Å². The van der Waals surface area contributed by atoms with Gasteiger partial charge in [-0.25, -0.2) is 0 Å². The van der Waals surface area contributed by atoms with Gasteiger partial charge in [0.15, 0.2) is 0 Å². The molecule has 0 aromatic carbocycles. The van der Waals surface area contributed by atoms with Crippen LogP contribution in [0.25, 0.3) is 0 Å². The molecule has 68 valence electrons. The van der Waals surface area contributed by atoms with Gasteiger partial charge in [0, 0.05) is 12.1 Å². The summed E-state index contributed by atoms with van der Waals surface area (Å²) in [5, 5.41) is 12.4. The molecule has 0 spiro atoms. The van der Waals surface area contributed by atoms with E-state index in [2.05, 4.69) is 39.9 Å². The predicted octanol–water partition coefficient (Wildman–Crippen LogP) is 1.39. The van der Waals surface area contributed by atoms with Gasteiger partial charge in [0.05, 0.1) is 6.61 Å². The molecule has 0 radical (unpaired) electrons. The molecule has 11 heavy (non-hydrogen) atoms. The minimum absolute atomic E-state index is 0.138. The molecule has 0 saturated carbocycles. The Bertz CT molecular complexity index is 105. The van der Waals surface area contributed by atoms with E-state index in [1.165, 1.54) is 0 Å². The van der Waals surface area contributed by atoms with Crippen LogP contribution in [0.2, 0.25) is 0 Å². The van der Waals surface area contributed by atoms with Crippen molar-refractivity contribution in [3.63, 3.8) is 0 Å². The Hall–Kier alpha value is -0.0800. The van der Waals surface area contributed by atoms with E-state index in [0.717, 1.165) is 0 Å². The number of hydrogen-bond acceptors (Lipinski definition) is 2. The fourth-order valence-electron chi connectivity index (χ4n) is 0.979. The van der Waals surface area contributed by atoms with Crippen LogP contribution in [0.15, 0.2) is 0 Å². The predicted molar refractivity (Wildman–Crippen MR) is 48.6 cm³/mol. The minimum Gasteiger partial charge on any atom is -0.395 e. The Morgan fingerprint density at radius 3 is 1.82 bits per heavy atom. The van der Waals surface area contributed by atoms with E-state index in [0.29, 0.717) is 6.04 Å². The highest BCUT2D eigenvalue weighted by Gasteiger charge is 2.23. The van der Waals surface area contributed by atoms with Crippen molar-refractivity contribution in [2.24, 2.45) is 5.41 Å². The van der Waals surface area contributed by atoms with E-state index in [1.54, 1.807) is 0 Å². The third-order valence-electron chi connectivity index (χ3n) is 1.76. The second kappa shape index (κ2) is 4.07. The van der Waals surface area contributed by atoms with Crippen LogP contribution in [0, 0.1) is 5.41 Å². The Kier molecular flexibility index (Phi) is 4.04. The van der Waals surface area contributed by atoms with Gasteiger partial charge in [-0.1, -0.05) is 34.6 Å². The average Bonchev–Trinajstić information content (AvgIpc) is 1.79. The van der Waals surface area contributed by atoms with Gasteiger partial charge in [-0.15, -0.1) is 0 Å². The second-order valence-electron chi connectivity index (χ2n) is 4.42. The third-order valence-corrected chi connectivity index (χ3v) is 1.76. The molecule has 0 saturated heterocycles. The highest BCUT2D eigenvalue weighted by Crippen LogP contribution is 2.18. The van der Waals surface area contributed by atoms with E-state index >= 15 is 0 Å². The van der Waals surface area contributed by atoms with Gasteiger partial charge in [0.25, 0.3) is 0 Å². The monoisotopic (exact) mass is 159 g/mol. The van der Waals surface area contributed by atoms with E-state index in [4.69, 9.17) is 5.11 Å². The lowest BCUT2D eigenvalue weighted by atomic mass is 9.87.